The van der Waals surface area contributed by atoms with E-state index < -0.39 is 49.6 Å². The minimum Gasteiger partial charge on any atom is -0.387 e. The van der Waals surface area contributed by atoms with E-state index in [0.717, 1.165) is 0 Å². The standard InChI is InChI=1S/C12H14ClF4N3O3S/c1-3-20-10(14)7(9(18-20)12(15,16)17)5-24(21,22)8-4-11(2,6-13)23-19-8/h3-6H2,1-2H3. The Balaban J connectivity index is 2.39. The number of hydrogen-bond donors (Lipinski definition) is 0. The smallest absolute Gasteiger partial charge is 0.387 e. The van der Waals surface area contributed by atoms with Crippen molar-refractivity contribution in [3.8, 4) is 0 Å². The van der Waals surface area contributed by atoms with Crippen LogP contribution < -0.4 is 0 Å². The Labute approximate surface area is 140 Å². The third-order valence-corrected chi connectivity index (χ3v) is 5.59. The molecule has 6 nitrogen and oxygen atoms in total. The summed E-state index contributed by atoms with van der Waals surface area (Å²) < 4.78 is 78.2. The summed E-state index contributed by atoms with van der Waals surface area (Å²) >= 11 is 5.64. The van der Waals surface area contributed by atoms with E-state index in [4.69, 9.17) is 16.4 Å². The van der Waals surface area contributed by atoms with Crippen LogP contribution in [0, 0.1) is 5.95 Å². The van der Waals surface area contributed by atoms with Crippen LogP contribution in [0.5, 0.6) is 0 Å². The number of nitrogens with zero attached hydrogens (tertiary/aromatic N) is 3. The summed E-state index contributed by atoms with van der Waals surface area (Å²) in [5.41, 5.74) is -3.67. The van der Waals surface area contributed by atoms with Crippen molar-refractivity contribution in [1.29, 1.82) is 0 Å². The maximum Gasteiger partial charge on any atom is 0.435 e. The topological polar surface area (TPSA) is 73.5 Å². The molecule has 0 aromatic carbocycles. The molecule has 0 radical (unpaired) electrons. The van der Waals surface area contributed by atoms with Crippen LogP contribution in [0.25, 0.3) is 0 Å². The first kappa shape index (κ1) is 19.0. The summed E-state index contributed by atoms with van der Waals surface area (Å²) in [6.07, 6.45) is -5.19. The van der Waals surface area contributed by atoms with Crippen molar-refractivity contribution in [3.63, 3.8) is 0 Å². The van der Waals surface area contributed by atoms with Crippen molar-refractivity contribution in [2.45, 2.75) is 44.3 Å². The highest BCUT2D eigenvalue weighted by atomic mass is 35.5. The molecule has 1 unspecified atom stereocenters. The summed E-state index contributed by atoms with van der Waals surface area (Å²) in [7, 11) is -4.32. The number of alkyl halides is 4. The Bertz CT molecular complexity index is 775. The summed E-state index contributed by atoms with van der Waals surface area (Å²) in [5.74, 6) is -2.62. The van der Waals surface area contributed by atoms with Gasteiger partial charge in [-0.05, 0) is 13.8 Å². The second-order valence-electron chi connectivity index (χ2n) is 5.53. The van der Waals surface area contributed by atoms with Gasteiger partial charge >= 0.3 is 6.18 Å². The first-order chi connectivity index (χ1) is 10.9. The molecule has 0 saturated carbocycles. The number of oxime groups is 1. The molecule has 136 valence electrons. The average molecular weight is 392 g/mol. The quantitative estimate of drug-likeness (QED) is 0.584. The Morgan fingerprint density at radius 1 is 1.42 bits per heavy atom. The second kappa shape index (κ2) is 6.17. The van der Waals surface area contributed by atoms with Crippen molar-refractivity contribution < 1.29 is 30.8 Å². The number of aryl methyl sites for hydroxylation is 1. The van der Waals surface area contributed by atoms with Gasteiger partial charge in [0.15, 0.2) is 26.2 Å². The van der Waals surface area contributed by atoms with Gasteiger partial charge in [-0.1, -0.05) is 5.16 Å². The Kier molecular flexibility index (Phi) is 4.88. The molecule has 24 heavy (non-hydrogen) atoms. The molecule has 0 aliphatic carbocycles. The Morgan fingerprint density at radius 2 is 2.04 bits per heavy atom. The molecular weight excluding hydrogens is 378 g/mol. The van der Waals surface area contributed by atoms with Crippen LogP contribution in [0.2, 0.25) is 0 Å². The molecule has 2 rings (SSSR count). The van der Waals surface area contributed by atoms with E-state index in [9.17, 15) is 26.0 Å². The van der Waals surface area contributed by atoms with Gasteiger partial charge in [0, 0.05) is 13.0 Å². The van der Waals surface area contributed by atoms with E-state index in [2.05, 4.69) is 10.3 Å². The fraction of sp³-hybridized carbons (Fsp3) is 0.667. The highest BCUT2D eigenvalue weighted by Gasteiger charge is 2.43. The lowest BCUT2D eigenvalue weighted by molar-refractivity contribution is -0.142. The van der Waals surface area contributed by atoms with Gasteiger partial charge in [0.05, 0.1) is 17.2 Å². The highest BCUT2D eigenvalue weighted by molar-refractivity contribution is 8.05. The van der Waals surface area contributed by atoms with Crippen LogP contribution in [0.3, 0.4) is 0 Å². The van der Waals surface area contributed by atoms with E-state index in [-0.39, 0.29) is 18.8 Å². The number of aromatic nitrogens is 2. The van der Waals surface area contributed by atoms with Gasteiger partial charge < -0.3 is 4.84 Å². The minimum atomic E-state index is -4.98. The molecule has 1 aliphatic rings. The first-order valence-electron chi connectivity index (χ1n) is 6.79. The van der Waals surface area contributed by atoms with Gasteiger partial charge in [-0.3, -0.25) is 0 Å². The first-order valence-corrected chi connectivity index (χ1v) is 8.98. The lowest BCUT2D eigenvalue weighted by Gasteiger charge is -2.16. The van der Waals surface area contributed by atoms with E-state index in [1.165, 1.54) is 13.8 Å². The van der Waals surface area contributed by atoms with E-state index in [1.807, 2.05) is 0 Å². The second-order valence-corrected chi connectivity index (χ2v) is 7.78. The molecule has 1 atom stereocenters. The minimum absolute atomic E-state index is 0.0640. The van der Waals surface area contributed by atoms with Gasteiger partial charge in [-0.2, -0.15) is 22.7 Å². The van der Waals surface area contributed by atoms with E-state index in [0.29, 0.717) is 4.68 Å². The molecular formula is C12H14ClF4N3O3S. The van der Waals surface area contributed by atoms with Gasteiger partial charge in [-0.15, -0.1) is 11.6 Å². The summed E-state index contributed by atoms with van der Waals surface area (Å²) in [4.78, 5) is 4.92. The molecule has 0 fully saturated rings. The fourth-order valence-corrected chi connectivity index (χ4v) is 3.72. The van der Waals surface area contributed by atoms with Crippen LogP contribution >= 0.6 is 11.6 Å². The molecule has 0 amide bonds. The predicted molar refractivity (Wildman–Crippen MR) is 77.7 cm³/mol. The molecule has 1 aromatic heterocycles. The molecule has 12 heteroatoms. The van der Waals surface area contributed by atoms with Crippen molar-refractivity contribution in [2.24, 2.45) is 5.16 Å². The molecule has 0 N–H and O–H groups in total. The highest BCUT2D eigenvalue weighted by Crippen LogP contribution is 2.34. The van der Waals surface area contributed by atoms with Crippen LogP contribution in [0.4, 0.5) is 17.6 Å². The van der Waals surface area contributed by atoms with Gasteiger partial charge in [0.25, 0.3) is 0 Å². The van der Waals surface area contributed by atoms with Gasteiger partial charge in [-0.25, -0.2) is 13.1 Å². The summed E-state index contributed by atoms with van der Waals surface area (Å²) in [5, 5.41) is 6.03. The van der Waals surface area contributed by atoms with Gasteiger partial charge in [0.1, 0.15) is 0 Å². The monoisotopic (exact) mass is 391 g/mol. The molecule has 1 aliphatic heterocycles. The maximum atomic E-state index is 14.1. The van der Waals surface area contributed by atoms with Crippen LogP contribution in [0.15, 0.2) is 5.16 Å². The predicted octanol–water partition coefficient (Wildman–Crippen LogP) is 2.71. The van der Waals surface area contributed by atoms with Crippen molar-refractivity contribution in [2.75, 3.05) is 5.88 Å². The van der Waals surface area contributed by atoms with E-state index >= 15 is 0 Å². The lowest BCUT2D eigenvalue weighted by Crippen LogP contribution is -2.29. The molecule has 2 heterocycles. The number of rotatable bonds is 4. The van der Waals surface area contributed by atoms with Crippen molar-refractivity contribution >= 4 is 26.5 Å². The lowest BCUT2D eigenvalue weighted by atomic mass is 10.1. The molecule has 1 aromatic rings. The number of halogens is 5. The van der Waals surface area contributed by atoms with E-state index in [1.54, 1.807) is 0 Å². The SMILES string of the molecule is CCn1nc(C(F)(F)F)c(CS(=O)(=O)C2=NOC(C)(CCl)C2)c1F. The van der Waals surface area contributed by atoms with Crippen molar-refractivity contribution in [1.82, 2.24) is 9.78 Å². The normalized spacial score (nSPS) is 21.7. The molecule has 0 bridgehead atoms. The molecule has 0 spiro atoms. The largest absolute Gasteiger partial charge is 0.435 e. The van der Waals surface area contributed by atoms with Crippen molar-refractivity contribution in [3.05, 3.63) is 17.2 Å². The number of hydrogen-bond acceptors (Lipinski definition) is 5. The fourth-order valence-electron chi connectivity index (χ4n) is 2.10. The van der Waals surface area contributed by atoms with Crippen LogP contribution in [0.1, 0.15) is 31.5 Å². The number of sulfone groups is 1. The zero-order valence-corrected chi connectivity index (χ0v) is 14.3. The summed E-state index contributed by atoms with van der Waals surface area (Å²) in [6, 6.07) is 0. The zero-order chi connectivity index (χ0) is 18.3. The third kappa shape index (κ3) is 3.51. The Morgan fingerprint density at radius 3 is 2.50 bits per heavy atom. The average Bonchev–Trinajstić information content (AvgIpc) is 3.02. The van der Waals surface area contributed by atoms with Crippen LogP contribution in [-0.4, -0.2) is 34.7 Å². The van der Waals surface area contributed by atoms with Gasteiger partial charge in [0.2, 0.25) is 5.95 Å². The van der Waals surface area contributed by atoms with Crippen LogP contribution in [-0.2, 0) is 33.1 Å². The summed E-state index contributed by atoms with van der Waals surface area (Å²) in [6.45, 7) is 2.71. The maximum absolute atomic E-state index is 14.1. The zero-order valence-electron chi connectivity index (χ0n) is 12.7. The molecule has 0 saturated heterocycles. The third-order valence-electron chi connectivity index (χ3n) is 3.42. The Hall–Kier alpha value is -1.36.